The Balaban J connectivity index is 0.00000400. The van der Waals surface area contributed by atoms with Gasteiger partial charge in [-0.25, -0.2) is 9.97 Å². The number of hydrogen-bond acceptors (Lipinski definition) is 4. The zero-order valence-electron chi connectivity index (χ0n) is 29.2. The van der Waals surface area contributed by atoms with Crippen molar-refractivity contribution in [3.8, 4) is 33.4 Å². The molecule has 6 nitrogen and oxygen atoms in total. The summed E-state index contributed by atoms with van der Waals surface area (Å²) in [4.78, 5) is 47.1. The number of rotatable bonds is 4. The number of aromatic nitrogens is 4. The molecule has 0 spiro atoms. The Bertz CT molecular complexity index is 2730. The number of carbonyl (C=O) groups excluding carboxylic acids is 2. The van der Waals surface area contributed by atoms with Crippen LogP contribution in [-0.4, -0.2) is 21.5 Å². The van der Waals surface area contributed by atoms with E-state index in [-0.39, 0.29) is 19.5 Å². The molecule has 0 saturated heterocycles. The van der Waals surface area contributed by atoms with E-state index in [9.17, 15) is 9.59 Å². The summed E-state index contributed by atoms with van der Waals surface area (Å²) in [7, 11) is 0. The van der Waals surface area contributed by atoms with E-state index >= 15 is 0 Å². The minimum atomic E-state index is -0.520. The number of allylic oxidation sites excluding steroid dienone is 4. The minimum Gasteiger partial charge on any atom is -0.657 e. The van der Waals surface area contributed by atoms with Crippen LogP contribution in [0, 0.1) is 0 Å². The molecule has 53 heavy (non-hydrogen) atoms. The number of benzene rings is 3. The van der Waals surface area contributed by atoms with Gasteiger partial charge in [0.25, 0.3) is 0 Å². The maximum Gasteiger partial charge on any atom is 2.00 e. The van der Waals surface area contributed by atoms with E-state index in [1.165, 1.54) is 0 Å². The molecule has 5 heterocycles. The van der Waals surface area contributed by atoms with Gasteiger partial charge in [0.15, 0.2) is 0 Å². The number of ketones is 2. The molecule has 3 aromatic carbocycles. The second-order valence-corrected chi connectivity index (χ2v) is 13.0. The molecular weight excluding hydrogens is 706 g/mol. The second-order valence-electron chi connectivity index (χ2n) is 13.0. The molecule has 0 amide bonds. The summed E-state index contributed by atoms with van der Waals surface area (Å²) in [5, 5.41) is 0. The van der Waals surface area contributed by atoms with E-state index in [0.717, 1.165) is 67.0 Å². The van der Waals surface area contributed by atoms with Crippen LogP contribution in [0.3, 0.4) is 0 Å². The van der Waals surface area contributed by atoms with Crippen LogP contribution in [-0.2, 0) is 29.1 Å². The van der Waals surface area contributed by atoms with Crippen molar-refractivity contribution in [1.29, 1.82) is 0 Å². The van der Waals surface area contributed by atoms with Crippen molar-refractivity contribution in [3.05, 3.63) is 161 Å². The minimum absolute atomic E-state index is 0. The molecule has 0 N–H and O–H groups in total. The van der Waals surface area contributed by atoms with Crippen LogP contribution in [0.25, 0.3) is 85.3 Å². The van der Waals surface area contributed by atoms with Gasteiger partial charge in [-0.15, -0.1) is 22.1 Å². The third-order valence-corrected chi connectivity index (χ3v) is 9.74. The molecular formula is C46H30N4O2Zn. The Morgan fingerprint density at radius 2 is 0.774 bits per heavy atom. The SMILES string of the molecule is CC1=CC(c2c3nc(c(-c4ccccc4)c4ccc([n-]4)c(-c4ccccc4)c4nc(c(-c5ccccc5)c5ccc2[n-]5)C=C4)C=C3)=C(C)C(=O)C1=O.[Zn+2]. The Hall–Kier alpha value is -6.30. The van der Waals surface area contributed by atoms with Gasteiger partial charge in [0, 0.05) is 11.1 Å². The Kier molecular flexibility index (Phi) is 8.73. The van der Waals surface area contributed by atoms with Gasteiger partial charge in [0.05, 0.1) is 22.8 Å². The molecule has 1 aliphatic carbocycles. The van der Waals surface area contributed by atoms with Gasteiger partial charge in [0.2, 0.25) is 11.6 Å². The van der Waals surface area contributed by atoms with Gasteiger partial charge in [-0.3, -0.25) is 9.59 Å². The van der Waals surface area contributed by atoms with Crippen LogP contribution < -0.4 is 9.97 Å². The van der Waals surface area contributed by atoms with Crippen LogP contribution in [0.2, 0.25) is 0 Å². The Morgan fingerprint density at radius 1 is 0.434 bits per heavy atom. The standard InChI is InChI=1S/C46H32N4O2.Zn/c1-27-26-32(28(2)46(52)45(27)51)44-39-24-22-37(49-39)42(30-14-8-4-9-15-30)35-20-18-33(47-35)41(29-12-6-3-7-13-29)34-19-21-36(48-34)43(31-16-10-5-11-17-31)38-23-25-40(44)50-38;/h3-26H,1-2H3,(H2,47,48,49,50,51,52);/q;+2/p-2. The Labute approximate surface area is 319 Å². The summed E-state index contributed by atoms with van der Waals surface area (Å²) < 4.78 is 0. The van der Waals surface area contributed by atoms with Crippen molar-refractivity contribution in [2.45, 2.75) is 13.8 Å². The molecule has 6 aromatic rings. The summed E-state index contributed by atoms with van der Waals surface area (Å²) in [6.45, 7) is 3.38. The number of nitrogens with zero attached hydrogens (tertiary/aromatic N) is 4. The van der Waals surface area contributed by atoms with Crippen molar-refractivity contribution in [2.75, 3.05) is 0 Å². The fourth-order valence-corrected chi connectivity index (χ4v) is 7.19. The zero-order valence-corrected chi connectivity index (χ0v) is 32.1. The van der Waals surface area contributed by atoms with Crippen LogP contribution in [0.15, 0.2) is 132 Å². The monoisotopic (exact) mass is 734 g/mol. The molecule has 9 rings (SSSR count). The van der Waals surface area contributed by atoms with Crippen molar-refractivity contribution < 1.29 is 29.1 Å². The predicted molar refractivity (Wildman–Crippen MR) is 209 cm³/mol. The average molecular weight is 736 g/mol. The van der Waals surface area contributed by atoms with Gasteiger partial charge in [-0.2, -0.15) is 0 Å². The topological polar surface area (TPSA) is 88.1 Å². The van der Waals surface area contributed by atoms with Gasteiger partial charge in [0.1, 0.15) is 0 Å². The van der Waals surface area contributed by atoms with E-state index in [1.807, 2.05) is 103 Å². The third kappa shape index (κ3) is 5.89. The smallest absolute Gasteiger partial charge is 0.657 e. The molecule has 3 aromatic heterocycles. The number of carbonyl (C=O) groups is 2. The molecule has 0 unspecified atom stereocenters. The summed E-state index contributed by atoms with van der Waals surface area (Å²) in [6, 6.07) is 38.5. The summed E-state index contributed by atoms with van der Waals surface area (Å²) in [6.07, 6.45) is 9.83. The molecule has 0 fully saturated rings. The van der Waals surface area contributed by atoms with Gasteiger partial charge in [-0.1, -0.05) is 115 Å². The molecule has 248 valence electrons. The fourth-order valence-electron chi connectivity index (χ4n) is 7.19. The molecule has 0 atom stereocenters. The van der Waals surface area contributed by atoms with Crippen LogP contribution in [0.5, 0.6) is 0 Å². The second kappa shape index (κ2) is 13.7. The van der Waals surface area contributed by atoms with Crippen LogP contribution >= 0.6 is 0 Å². The zero-order chi connectivity index (χ0) is 35.3. The van der Waals surface area contributed by atoms with E-state index in [4.69, 9.17) is 19.9 Å². The first-order valence-corrected chi connectivity index (χ1v) is 17.1. The summed E-state index contributed by atoms with van der Waals surface area (Å²) >= 11 is 0. The first-order chi connectivity index (χ1) is 25.4. The van der Waals surface area contributed by atoms with Gasteiger partial charge >= 0.3 is 19.5 Å². The maximum absolute atomic E-state index is 13.3. The molecule has 0 radical (unpaired) electrons. The first kappa shape index (κ1) is 33.8. The van der Waals surface area contributed by atoms with Gasteiger partial charge < -0.3 is 9.97 Å². The largest absolute Gasteiger partial charge is 2.00 e. The normalized spacial score (nSPS) is 13.7. The van der Waals surface area contributed by atoms with Crippen LogP contribution in [0.4, 0.5) is 0 Å². The predicted octanol–water partition coefficient (Wildman–Crippen LogP) is 9.78. The molecule has 2 aliphatic heterocycles. The Morgan fingerprint density at radius 3 is 1.15 bits per heavy atom. The van der Waals surface area contributed by atoms with Crippen molar-refractivity contribution in [3.63, 3.8) is 0 Å². The van der Waals surface area contributed by atoms with Crippen molar-refractivity contribution in [2.24, 2.45) is 0 Å². The van der Waals surface area contributed by atoms with Gasteiger partial charge in [-0.05, 0) is 88.7 Å². The third-order valence-electron chi connectivity index (χ3n) is 9.74. The van der Waals surface area contributed by atoms with E-state index in [0.29, 0.717) is 33.5 Å². The van der Waals surface area contributed by atoms with Crippen molar-refractivity contribution in [1.82, 2.24) is 19.9 Å². The number of fused-ring (bicyclic) bond motifs is 8. The summed E-state index contributed by atoms with van der Waals surface area (Å²) in [5.41, 5.74) is 13.5. The maximum atomic E-state index is 13.3. The van der Waals surface area contributed by atoms with Crippen molar-refractivity contribution >= 4 is 63.5 Å². The number of hydrogen-bond donors (Lipinski definition) is 0. The molecule has 7 heteroatoms. The first-order valence-electron chi connectivity index (χ1n) is 17.1. The van der Waals surface area contributed by atoms with Crippen LogP contribution in [0.1, 0.15) is 42.2 Å². The summed E-state index contributed by atoms with van der Waals surface area (Å²) in [5.74, 6) is -1.02. The number of Topliss-reactive ketones (excluding diaryl/α,β-unsaturated/α-hetero) is 2. The van der Waals surface area contributed by atoms with E-state index in [1.54, 1.807) is 19.9 Å². The molecule has 8 bridgehead atoms. The molecule has 3 aliphatic rings. The fraction of sp³-hybridized carbons (Fsp3) is 0.0435. The average Bonchev–Trinajstić information content (AvgIpc) is 4.02. The van der Waals surface area contributed by atoms with E-state index in [2.05, 4.69) is 36.4 Å². The van der Waals surface area contributed by atoms with E-state index < -0.39 is 11.6 Å². The quantitative estimate of drug-likeness (QED) is 0.102. The molecule has 0 saturated carbocycles.